The molecule has 1 aromatic rings. The number of rotatable bonds is 4. The van der Waals surface area contributed by atoms with Gasteiger partial charge in [0.2, 0.25) is 0 Å². The van der Waals surface area contributed by atoms with Gasteiger partial charge in [0, 0.05) is 0 Å². The number of allylic oxidation sites excluding steroid dienone is 1. The van der Waals surface area contributed by atoms with Gasteiger partial charge in [-0.05, 0) is 24.6 Å². The zero-order valence-corrected chi connectivity index (χ0v) is 12.0. The molecule has 0 atom stereocenters. The first-order valence-electron chi connectivity index (χ1n) is 4.30. The Kier molecular flexibility index (Phi) is 6.94. The van der Waals surface area contributed by atoms with Gasteiger partial charge in [-0.2, -0.15) is 0 Å². The van der Waals surface area contributed by atoms with Gasteiger partial charge in [-0.25, -0.2) is 8.42 Å². The van der Waals surface area contributed by atoms with Crippen LogP contribution >= 0.6 is 0 Å². The Bertz CT molecular complexity index is 436. The first kappa shape index (κ1) is 15.7. The predicted octanol–water partition coefficient (Wildman–Crippen LogP) is -1.39. The van der Waals surface area contributed by atoms with E-state index in [0.29, 0.717) is 5.75 Å². The van der Waals surface area contributed by atoms with Crippen LogP contribution in [-0.4, -0.2) is 18.9 Å². The summed E-state index contributed by atoms with van der Waals surface area (Å²) in [5, 5.41) is 0. The molecule has 0 unspecified atom stereocenters. The van der Waals surface area contributed by atoms with Gasteiger partial charge in [-0.15, -0.1) is 0 Å². The molecule has 0 N–H and O–H groups in total. The first-order valence-corrected chi connectivity index (χ1v) is 5.88. The van der Waals surface area contributed by atoms with Gasteiger partial charge >= 0.3 is 29.6 Å². The molecule has 0 aliphatic rings. The standard InChI is InChI=1S/C10H12O4S.Na/c1-2-3-9-4-6-10(7-5-9)14-8-15(11,12)13;/h2-7H,8H2,1H3,(H,11,12,13);/q;+1/p-1. The second-order valence-electron chi connectivity index (χ2n) is 2.89. The predicted molar refractivity (Wildman–Crippen MR) is 56.3 cm³/mol. The third-order valence-electron chi connectivity index (χ3n) is 1.61. The van der Waals surface area contributed by atoms with Crippen LogP contribution in [0.2, 0.25) is 0 Å². The van der Waals surface area contributed by atoms with E-state index in [1.807, 2.05) is 19.1 Å². The van der Waals surface area contributed by atoms with E-state index in [2.05, 4.69) is 0 Å². The molecule has 0 saturated carbocycles. The van der Waals surface area contributed by atoms with E-state index in [9.17, 15) is 13.0 Å². The molecule has 16 heavy (non-hydrogen) atoms. The molecule has 0 saturated heterocycles. The molecule has 1 rings (SSSR count). The van der Waals surface area contributed by atoms with E-state index < -0.39 is 16.1 Å². The summed E-state index contributed by atoms with van der Waals surface area (Å²) in [6, 6.07) is 6.76. The van der Waals surface area contributed by atoms with Crippen LogP contribution in [0.25, 0.3) is 6.08 Å². The van der Waals surface area contributed by atoms with E-state index in [1.54, 1.807) is 24.3 Å². The summed E-state index contributed by atoms with van der Waals surface area (Å²) in [6.07, 6.45) is 3.78. The molecule has 0 fully saturated rings. The fourth-order valence-electron chi connectivity index (χ4n) is 1.01. The van der Waals surface area contributed by atoms with Crippen LogP contribution in [0.4, 0.5) is 0 Å². The Morgan fingerprint density at radius 1 is 1.31 bits per heavy atom. The molecular formula is C10H11NaO4S. The molecule has 0 heterocycles. The third kappa shape index (κ3) is 6.30. The van der Waals surface area contributed by atoms with Crippen molar-refractivity contribution in [3.8, 4) is 5.75 Å². The van der Waals surface area contributed by atoms with E-state index in [-0.39, 0.29) is 29.6 Å². The molecule has 4 nitrogen and oxygen atoms in total. The summed E-state index contributed by atoms with van der Waals surface area (Å²) in [7, 11) is -4.33. The van der Waals surface area contributed by atoms with E-state index in [0.717, 1.165) is 5.56 Å². The molecule has 1 aromatic carbocycles. The summed E-state index contributed by atoms with van der Waals surface area (Å²) >= 11 is 0. The molecule has 6 heteroatoms. The molecule has 0 aliphatic heterocycles. The molecule has 0 aliphatic carbocycles. The van der Waals surface area contributed by atoms with Gasteiger partial charge in [0.25, 0.3) is 0 Å². The normalized spacial score (nSPS) is 11.1. The van der Waals surface area contributed by atoms with Crippen LogP contribution in [-0.2, 0) is 10.1 Å². The molecule has 0 aromatic heterocycles. The topological polar surface area (TPSA) is 66.4 Å². The van der Waals surface area contributed by atoms with Crippen molar-refractivity contribution in [1.29, 1.82) is 0 Å². The van der Waals surface area contributed by atoms with Gasteiger partial charge in [0.1, 0.15) is 15.9 Å². The number of hydrogen-bond donors (Lipinski definition) is 0. The minimum atomic E-state index is -4.33. The van der Waals surface area contributed by atoms with Crippen LogP contribution in [0.15, 0.2) is 30.3 Å². The van der Waals surface area contributed by atoms with Crippen molar-refractivity contribution in [2.45, 2.75) is 6.92 Å². The minimum Gasteiger partial charge on any atom is -0.745 e. The van der Waals surface area contributed by atoms with Gasteiger partial charge in [0.15, 0.2) is 5.94 Å². The smallest absolute Gasteiger partial charge is 0.745 e. The largest absolute Gasteiger partial charge is 1.00 e. The summed E-state index contributed by atoms with van der Waals surface area (Å²) < 4.78 is 35.6. The van der Waals surface area contributed by atoms with Crippen molar-refractivity contribution < 1.29 is 47.3 Å². The molecule has 0 bridgehead atoms. The molecule has 0 spiro atoms. The Balaban J connectivity index is 0.00000225. The van der Waals surface area contributed by atoms with Gasteiger partial charge in [0.05, 0.1) is 0 Å². The zero-order chi connectivity index (χ0) is 11.3. The van der Waals surface area contributed by atoms with Gasteiger partial charge < -0.3 is 9.29 Å². The number of hydrogen-bond acceptors (Lipinski definition) is 4. The van der Waals surface area contributed by atoms with Crippen molar-refractivity contribution in [2.75, 3.05) is 5.94 Å². The Morgan fingerprint density at radius 2 is 1.88 bits per heavy atom. The van der Waals surface area contributed by atoms with Crippen LogP contribution in [0, 0.1) is 0 Å². The number of ether oxygens (including phenoxy) is 1. The fraction of sp³-hybridized carbons (Fsp3) is 0.200. The monoisotopic (exact) mass is 250 g/mol. The van der Waals surface area contributed by atoms with Gasteiger partial charge in [-0.3, -0.25) is 0 Å². The summed E-state index contributed by atoms with van der Waals surface area (Å²) in [6.45, 7) is 1.90. The first-order chi connectivity index (χ1) is 7.01. The second-order valence-corrected chi connectivity index (χ2v) is 4.24. The second kappa shape index (κ2) is 7.09. The van der Waals surface area contributed by atoms with Crippen LogP contribution in [0.3, 0.4) is 0 Å². The average molecular weight is 250 g/mol. The molecule has 0 amide bonds. The van der Waals surface area contributed by atoms with Crippen LogP contribution < -0.4 is 34.3 Å². The number of benzene rings is 1. The van der Waals surface area contributed by atoms with Crippen LogP contribution in [0.5, 0.6) is 5.75 Å². The van der Waals surface area contributed by atoms with E-state index >= 15 is 0 Å². The Labute approximate surface area is 117 Å². The molecule has 82 valence electrons. The Morgan fingerprint density at radius 3 is 2.31 bits per heavy atom. The summed E-state index contributed by atoms with van der Waals surface area (Å²) in [4.78, 5) is 0. The quantitative estimate of drug-likeness (QED) is 0.487. The Hall–Kier alpha value is -0.330. The maximum absolute atomic E-state index is 10.3. The third-order valence-corrected chi connectivity index (χ3v) is 2.02. The summed E-state index contributed by atoms with van der Waals surface area (Å²) in [5.41, 5.74) is 0.981. The SMILES string of the molecule is CC=Cc1ccc(OCS(=O)(=O)[O-])cc1.[Na+]. The van der Waals surface area contributed by atoms with Crippen LogP contribution in [0.1, 0.15) is 12.5 Å². The van der Waals surface area contributed by atoms with Gasteiger partial charge in [-0.1, -0.05) is 24.3 Å². The van der Waals surface area contributed by atoms with Crippen molar-refractivity contribution in [3.05, 3.63) is 35.9 Å². The molecular weight excluding hydrogens is 239 g/mol. The maximum Gasteiger partial charge on any atom is 1.00 e. The van der Waals surface area contributed by atoms with E-state index in [1.165, 1.54) is 0 Å². The van der Waals surface area contributed by atoms with Crippen molar-refractivity contribution >= 4 is 16.2 Å². The van der Waals surface area contributed by atoms with Crippen molar-refractivity contribution in [2.24, 2.45) is 0 Å². The fourth-order valence-corrected chi connectivity index (χ4v) is 1.29. The summed E-state index contributed by atoms with van der Waals surface area (Å²) in [5.74, 6) is -0.474. The molecule has 0 radical (unpaired) electrons. The average Bonchev–Trinajstić information content (AvgIpc) is 2.16. The zero-order valence-electron chi connectivity index (χ0n) is 9.21. The minimum absolute atomic E-state index is 0. The van der Waals surface area contributed by atoms with E-state index in [4.69, 9.17) is 4.74 Å². The maximum atomic E-state index is 10.3. The van der Waals surface area contributed by atoms with Crippen molar-refractivity contribution in [3.63, 3.8) is 0 Å². The van der Waals surface area contributed by atoms with Crippen molar-refractivity contribution in [1.82, 2.24) is 0 Å².